The third-order valence-electron chi connectivity index (χ3n) is 9.92. The Hall–Kier alpha value is -5.72. The Balaban J connectivity index is 1.25. The standard InChI is InChI=1S/C40H45F3N6O9S/c1-37(2,3)57-35(53)45-29-21-59(55,56)31-14-10-26(32(50)46-47-34(52)39-16-24(17-39)19-48(22-39)36(54)58-38(4,5)6)15-30(31)49(33(29)51)20-23-7-13-28(44-18-23)25-8-11-27(12-9-25)40(41,42)43/h7-15,18,24,29H,16-17,19-22H2,1-6H3,(H,45,53)(H,46,50)(H,47,52)/t24?,29-,39?/m0/s1. The Labute approximate surface area is 338 Å². The molecule has 5 amide bonds. The van der Waals surface area contributed by atoms with Crippen molar-refractivity contribution in [1.29, 1.82) is 0 Å². The van der Waals surface area contributed by atoms with Crippen LogP contribution in [0.3, 0.4) is 0 Å². The van der Waals surface area contributed by atoms with Crippen LogP contribution in [0.2, 0.25) is 0 Å². The van der Waals surface area contributed by atoms with Gasteiger partial charge in [-0.15, -0.1) is 0 Å². The molecule has 3 fully saturated rings. The van der Waals surface area contributed by atoms with Gasteiger partial charge < -0.3 is 24.6 Å². The van der Waals surface area contributed by atoms with Gasteiger partial charge in [0.25, 0.3) is 11.8 Å². The van der Waals surface area contributed by atoms with Crippen LogP contribution in [-0.4, -0.2) is 84.3 Å². The number of anilines is 1. The third kappa shape index (κ3) is 9.77. The van der Waals surface area contributed by atoms with Gasteiger partial charge in [-0.05, 0) is 102 Å². The number of nitrogens with one attached hydrogen (secondary N) is 3. The highest BCUT2D eigenvalue weighted by molar-refractivity contribution is 7.91. The molecule has 2 bridgehead atoms. The second-order valence-corrected chi connectivity index (χ2v) is 19.0. The van der Waals surface area contributed by atoms with Crippen molar-refractivity contribution in [2.45, 2.75) is 89.2 Å². The number of carbonyl (C=O) groups excluding carboxylic acids is 5. The lowest BCUT2D eigenvalue weighted by Gasteiger charge is -2.54. The number of fused-ring (bicyclic) bond motifs is 3. The Morgan fingerprint density at radius 3 is 2.15 bits per heavy atom. The summed E-state index contributed by atoms with van der Waals surface area (Å²) in [4.78, 5) is 73.4. The van der Waals surface area contributed by atoms with Crippen LogP contribution < -0.4 is 21.1 Å². The molecule has 3 N–H and O–H groups in total. The molecule has 4 heterocycles. The average molecular weight is 843 g/mol. The molecular formula is C40H45F3N6O9S. The third-order valence-corrected chi connectivity index (χ3v) is 11.7. The molecule has 316 valence electrons. The number of hydrazine groups is 1. The minimum atomic E-state index is -4.52. The minimum absolute atomic E-state index is 0.0811. The maximum absolute atomic E-state index is 14.2. The highest BCUT2D eigenvalue weighted by Gasteiger charge is 2.56. The summed E-state index contributed by atoms with van der Waals surface area (Å²) < 4.78 is 77.7. The van der Waals surface area contributed by atoms with E-state index in [-0.39, 0.29) is 35.2 Å². The van der Waals surface area contributed by atoms with Crippen LogP contribution in [0.15, 0.2) is 65.7 Å². The van der Waals surface area contributed by atoms with Crippen molar-refractivity contribution in [3.8, 4) is 11.3 Å². The number of hydrogen-bond acceptors (Lipinski definition) is 10. The van der Waals surface area contributed by atoms with Crippen molar-refractivity contribution >= 4 is 45.4 Å². The molecule has 15 nitrogen and oxygen atoms in total. The maximum atomic E-state index is 14.2. The lowest BCUT2D eigenvalue weighted by molar-refractivity contribution is -0.149. The number of alkyl halides is 3. The molecule has 1 saturated carbocycles. The highest BCUT2D eigenvalue weighted by Crippen LogP contribution is 2.50. The molecular weight excluding hydrogens is 798 g/mol. The lowest BCUT2D eigenvalue weighted by atomic mass is 9.58. The summed E-state index contributed by atoms with van der Waals surface area (Å²) in [7, 11) is -4.31. The summed E-state index contributed by atoms with van der Waals surface area (Å²) in [6.45, 7) is 10.2. The largest absolute Gasteiger partial charge is 0.444 e. The van der Waals surface area contributed by atoms with E-state index in [0.717, 1.165) is 23.1 Å². The number of piperidine rings is 2. The van der Waals surface area contributed by atoms with E-state index in [1.54, 1.807) is 47.6 Å². The van der Waals surface area contributed by atoms with Crippen molar-refractivity contribution < 1.29 is 55.0 Å². The van der Waals surface area contributed by atoms with E-state index in [2.05, 4.69) is 21.2 Å². The number of amides is 5. The summed E-state index contributed by atoms with van der Waals surface area (Å²) in [6, 6.07) is 9.36. The van der Waals surface area contributed by atoms with Crippen LogP contribution in [0.5, 0.6) is 0 Å². The zero-order chi connectivity index (χ0) is 43.3. The van der Waals surface area contributed by atoms with Gasteiger partial charge in [-0.1, -0.05) is 18.2 Å². The van der Waals surface area contributed by atoms with Crippen LogP contribution in [0.1, 0.15) is 75.9 Å². The number of nitrogens with zero attached hydrogens (tertiary/aromatic N) is 3. The van der Waals surface area contributed by atoms with E-state index in [1.807, 2.05) is 0 Å². The van der Waals surface area contributed by atoms with Gasteiger partial charge in [-0.25, -0.2) is 18.0 Å². The summed E-state index contributed by atoms with van der Waals surface area (Å²) in [5.74, 6) is -2.98. The molecule has 19 heteroatoms. The van der Waals surface area contributed by atoms with Crippen LogP contribution in [0.25, 0.3) is 11.3 Å². The lowest BCUT2D eigenvalue weighted by Crippen LogP contribution is -2.65. The van der Waals surface area contributed by atoms with Crippen molar-refractivity contribution in [2.24, 2.45) is 11.3 Å². The number of hydrogen-bond donors (Lipinski definition) is 3. The summed E-state index contributed by atoms with van der Waals surface area (Å²) in [6.07, 6.45) is -3.75. The smallest absolute Gasteiger partial charge is 0.416 e. The zero-order valence-corrected chi connectivity index (χ0v) is 34.0. The number of benzene rings is 2. The number of rotatable bonds is 6. The first-order valence-electron chi connectivity index (χ1n) is 18.7. The number of alkyl carbamates (subject to hydrolysis) is 1. The van der Waals surface area contributed by atoms with E-state index in [9.17, 15) is 45.6 Å². The quantitative estimate of drug-likeness (QED) is 0.271. The molecule has 0 unspecified atom stereocenters. The van der Waals surface area contributed by atoms with E-state index >= 15 is 0 Å². The number of ether oxygens (including phenoxy) is 2. The fourth-order valence-corrected chi connectivity index (χ4v) is 8.93. The van der Waals surface area contributed by atoms with Crippen LogP contribution in [0.4, 0.5) is 28.4 Å². The number of pyridine rings is 1. The summed E-state index contributed by atoms with van der Waals surface area (Å²) in [5.41, 5.74) is 2.05. The van der Waals surface area contributed by atoms with E-state index in [1.165, 1.54) is 41.4 Å². The first-order valence-corrected chi connectivity index (χ1v) is 20.4. The highest BCUT2D eigenvalue weighted by atomic mass is 32.2. The first-order chi connectivity index (χ1) is 27.3. The molecule has 2 saturated heterocycles. The van der Waals surface area contributed by atoms with Crippen molar-refractivity contribution in [3.05, 3.63) is 77.5 Å². The molecule has 0 radical (unpaired) electrons. The van der Waals surface area contributed by atoms with Crippen LogP contribution in [0, 0.1) is 11.3 Å². The van der Waals surface area contributed by atoms with Crippen molar-refractivity contribution in [2.75, 3.05) is 23.7 Å². The number of halogens is 3. The molecule has 3 aliphatic heterocycles. The molecule has 2 aromatic carbocycles. The molecule has 1 atom stereocenters. The van der Waals surface area contributed by atoms with Gasteiger partial charge in [-0.3, -0.25) is 30.2 Å². The number of sulfone groups is 1. The Kier molecular flexibility index (Phi) is 11.2. The van der Waals surface area contributed by atoms with Gasteiger partial charge in [0.2, 0.25) is 5.91 Å². The second-order valence-electron chi connectivity index (χ2n) is 17.0. The molecule has 4 aliphatic rings. The van der Waals surface area contributed by atoms with Gasteiger partial charge in [-0.2, -0.15) is 13.2 Å². The summed E-state index contributed by atoms with van der Waals surface area (Å²) >= 11 is 0. The number of carbonyl (C=O) groups is 5. The molecule has 7 rings (SSSR count). The molecule has 0 spiro atoms. The predicted octanol–water partition coefficient (Wildman–Crippen LogP) is 5.39. The second kappa shape index (κ2) is 15.5. The molecule has 3 aromatic rings. The fourth-order valence-electron chi connectivity index (χ4n) is 7.32. The molecule has 1 aromatic heterocycles. The monoisotopic (exact) mass is 842 g/mol. The first kappa shape index (κ1) is 42.9. The molecule has 59 heavy (non-hydrogen) atoms. The van der Waals surface area contributed by atoms with Gasteiger partial charge in [0.05, 0.1) is 39.6 Å². The Bertz CT molecular complexity index is 2270. The van der Waals surface area contributed by atoms with E-state index in [0.29, 0.717) is 36.2 Å². The average Bonchev–Trinajstić information content (AvgIpc) is 3.20. The van der Waals surface area contributed by atoms with Gasteiger partial charge >= 0.3 is 18.4 Å². The zero-order valence-electron chi connectivity index (χ0n) is 33.2. The fraction of sp³-hybridized carbons (Fsp3) is 0.450. The normalized spacial score (nSPS) is 21.3. The predicted molar refractivity (Wildman–Crippen MR) is 206 cm³/mol. The van der Waals surface area contributed by atoms with Crippen LogP contribution in [-0.2, 0) is 41.6 Å². The molecule has 1 aliphatic carbocycles. The SMILES string of the molecule is CC(C)(C)OC(=O)N[C@H]1CS(=O)(=O)c2ccc(C(=O)NNC(=O)C34CC(CN(C(=O)OC(C)(C)C)C3)C4)cc2N(Cc2ccc(-c3ccc(C(F)(F)F)cc3)nc2)C1=O. The minimum Gasteiger partial charge on any atom is -0.444 e. The van der Waals surface area contributed by atoms with Crippen molar-refractivity contribution in [3.63, 3.8) is 0 Å². The van der Waals surface area contributed by atoms with Gasteiger partial charge in [0.15, 0.2) is 9.84 Å². The Morgan fingerprint density at radius 1 is 0.898 bits per heavy atom. The Morgan fingerprint density at radius 2 is 1.56 bits per heavy atom. The van der Waals surface area contributed by atoms with Crippen LogP contribution >= 0.6 is 0 Å². The van der Waals surface area contributed by atoms with Gasteiger partial charge in [0, 0.05) is 30.4 Å². The maximum Gasteiger partial charge on any atom is 0.416 e. The van der Waals surface area contributed by atoms with E-state index in [4.69, 9.17) is 9.47 Å². The topological polar surface area (TPSA) is 193 Å². The van der Waals surface area contributed by atoms with Crippen molar-refractivity contribution in [1.82, 2.24) is 26.1 Å². The van der Waals surface area contributed by atoms with E-state index < -0.39 is 79.9 Å². The van der Waals surface area contributed by atoms with Gasteiger partial charge in [0.1, 0.15) is 17.2 Å². The number of aromatic nitrogens is 1. The summed E-state index contributed by atoms with van der Waals surface area (Å²) in [5, 5.41) is 2.36.